The van der Waals surface area contributed by atoms with E-state index in [1.807, 2.05) is 32.0 Å². The summed E-state index contributed by atoms with van der Waals surface area (Å²) in [5.74, 6) is 5.86. The number of carbonyl (C=O) groups is 2. The number of anilines is 1. The van der Waals surface area contributed by atoms with E-state index in [2.05, 4.69) is 20.8 Å². The van der Waals surface area contributed by atoms with Crippen molar-refractivity contribution in [2.24, 2.45) is 0 Å². The number of hydrogen-bond donors (Lipinski definition) is 3. The average molecular weight is 431 g/mol. The van der Waals surface area contributed by atoms with Crippen molar-refractivity contribution in [3.05, 3.63) is 58.6 Å². The quantitative estimate of drug-likeness (QED) is 0.422. The van der Waals surface area contributed by atoms with Gasteiger partial charge in [0.2, 0.25) is 11.1 Å². The van der Waals surface area contributed by atoms with Crippen molar-refractivity contribution >= 4 is 41.0 Å². The highest BCUT2D eigenvalue weighted by molar-refractivity contribution is 7.99. The minimum atomic E-state index is -0.607. The van der Waals surface area contributed by atoms with Crippen molar-refractivity contribution in [2.75, 3.05) is 16.9 Å². The maximum atomic E-state index is 12.1. The molecule has 0 spiro atoms. The smallest absolute Gasteiger partial charge is 0.325 e. The van der Waals surface area contributed by atoms with Gasteiger partial charge >= 0.3 is 6.03 Å². The summed E-state index contributed by atoms with van der Waals surface area (Å²) in [6, 6.07) is 12.0. The fourth-order valence-electron chi connectivity index (χ4n) is 2.48. The molecule has 29 heavy (non-hydrogen) atoms. The van der Waals surface area contributed by atoms with Gasteiger partial charge in [-0.2, -0.15) is 0 Å². The molecule has 8 nitrogen and oxygen atoms in total. The molecule has 0 saturated heterocycles. The zero-order valence-corrected chi connectivity index (χ0v) is 17.3. The Bertz CT molecular complexity index is 1070. The highest BCUT2D eigenvalue weighted by Gasteiger charge is 2.16. The molecule has 3 aromatic rings. The van der Waals surface area contributed by atoms with E-state index in [1.54, 1.807) is 24.3 Å². The number of amides is 3. The SMILES string of the molecule is Cc1ccc(NC(=O)NC(=O)CSc2nnc(-c3ccccc3Cl)n2N)cc1C. The number of rotatable bonds is 5. The number of aromatic nitrogens is 3. The number of aryl methyl sites for hydroxylation is 2. The lowest BCUT2D eigenvalue weighted by atomic mass is 10.1. The van der Waals surface area contributed by atoms with E-state index in [0.717, 1.165) is 22.9 Å². The molecule has 0 saturated carbocycles. The Hall–Kier alpha value is -3.04. The van der Waals surface area contributed by atoms with Gasteiger partial charge in [-0.3, -0.25) is 10.1 Å². The fourth-order valence-corrected chi connectivity index (χ4v) is 3.35. The Morgan fingerprint density at radius 3 is 2.62 bits per heavy atom. The summed E-state index contributed by atoms with van der Waals surface area (Å²) < 4.78 is 1.26. The van der Waals surface area contributed by atoms with E-state index < -0.39 is 11.9 Å². The van der Waals surface area contributed by atoms with Gasteiger partial charge in [-0.1, -0.05) is 41.6 Å². The molecule has 10 heteroatoms. The summed E-state index contributed by atoms with van der Waals surface area (Å²) in [7, 11) is 0. The van der Waals surface area contributed by atoms with Crippen LogP contribution >= 0.6 is 23.4 Å². The van der Waals surface area contributed by atoms with Crippen LogP contribution in [0.4, 0.5) is 10.5 Å². The molecular weight excluding hydrogens is 412 g/mol. The average Bonchev–Trinajstić information content (AvgIpc) is 3.04. The van der Waals surface area contributed by atoms with E-state index in [0.29, 0.717) is 27.3 Å². The van der Waals surface area contributed by atoms with Crippen molar-refractivity contribution in [3.63, 3.8) is 0 Å². The molecule has 0 aliphatic rings. The lowest BCUT2D eigenvalue weighted by molar-refractivity contribution is -0.117. The van der Waals surface area contributed by atoms with Gasteiger partial charge in [-0.25, -0.2) is 9.47 Å². The maximum absolute atomic E-state index is 12.1. The molecule has 0 bridgehead atoms. The summed E-state index contributed by atoms with van der Waals surface area (Å²) in [6.45, 7) is 3.92. The van der Waals surface area contributed by atoms with Gasteiger partial charge < -0.3 is 11.2 Å². The van der Waals surface area contributed by atoms with Crippen molar-refractivity contribution in [1.82, 2.24) is 20.2 Å². The molecule has 150 valence electrons. The van der Waals surface area contributed by atoms with Gasteiger partial charge in [0.15, 0.2) is 5.82 Å². The predicted molar refractivity (Wildman–Crippen MR) is 114 cm³/mol. The molecule has 1 heterocycles. The minimum Gasteiger partial charge on any atom is -0.335 e. The van der Waals surface area contributed by atoms with E-state index in [1.165, 1.54) is 4.68 Å². The van der Waals surface area contributed by atoms with Crippen molar-refractivity contribution in [2.45, 2.75) is 19.0 Å². The number of carbonyl (C=O) groups excluding carboxylic acids is 2. The third-order valence-electron chi connectivity index (χ3n) is 4.13. The second-order valence-corrected chi connectivity index (χ2v) is 7.60. The van der Waals surface area contributed by atoms with Gasteiger partial charge in [0.1, 0.15) is 0 Å². The number of hydrogen-bond acceptors (Lipinski definition) is 6. The van der Waals surface area contributed by atoms with Crippen LogP contribution in [-0.2, 0) is 4.79 Å². The number of benzene rings is 2. The van der Waals surface area contributed by atoms with Gasteiger partial charge in [0, 0.05) is 11.3 Å². The zero-order chi connectivity index (χ0) is 21.0. The number of thioether (sulfide) groups is 1. The molecule has 0 atom stereocenters. The number of nitrogen functional groups attached to an aromatic ring is 1. The number of urea groups is 1. The van der Waals surface area contributed by atoms with Gasteiger partial charge in [0.25, 0.3) is 0 Å². The number of halogens is 1. The molecule has 0 fully saturated rings. The third-order valence-corrected chi connectivity index (χ3v) is 5.40. The summed E-state index contributed by atoms with van der Waals surface area (Å²) in [5.41, 5.74) is 3.40. The number of imide groups is 1. The molecule has 0 unspecified atom stereocenters. The summed E-state index contributed by atoms with van der Waals surface area (Å²) in [5, 5.41) is 13.7. The van der Waals surface area contributed by atoms with Gasteiger partial charge in [-0.05, 0) is 49.2 Å². The Morgan fingerprint density at radius 1 is 1.14 bits per heavy atom. The van der Waals surface area contributed by atoms with Crippen LogP contribution in [0.2, 0.25) is 5.02 Å². The molecule has 4 N–H and O–H groups in total. The first-order valence-electron chi connectivity index (χ1n) is 8.61. The number of nitrogens with zero attached hydrogens (tertiary/aromatic N) is 3. The van der Waals surface area contributed by atoms with Crippen LogP contribution in [0.5, 0.6) is 0 Å². The molecule has 3 rings (SSSR count). The fraction of sp³-hybridized carbons (Fsp3) is 0.158. The summed E-state index contributed by atoms with van der Waals surface area (Å²) in [6.07, 6.45) is 0. The third kappa shape index (κ3) is 5.07. The van der Waals surface area contributed by atoms with Crippen molar-refractivity contribution in [1.29, 1.82) is 0 Å². The summed E-state index contributed by atoms with van der Waals surface area (Å²) in [4.78, 5) is 24.1. The molecule has 1 aromatic heterocycles. The minimum absolute atomic E-state index is 0.0573. The normalized spacial score (nSPS) is 10.6. The topological polar surface area (TPSA) is 115 Å². The number of nitrogens with one attached hydrogen (secondary N) is 2. The lowest BCUT2D eigenvalue weighted by Crippen LogP contribution is -2.35. The maximum Gasteiger partial charge on any atom is 0.325 e. The summed E-state index contributed by atoms with van der Waals surface area (Å²) >= 11 is 7.22. The largest absolute Gasteiger partial charge is 0.335 e. The van der Waals surface area contributed by atoms with E-state index in [-0.39, 0.29) is 5.75 Å². The Morgan fingerprint density at radius 2 is 1.90 bits per heavy atom. The number of nitrogens with two attached hydrogens (primary N) is 1. The van der Waals surface area contributed by atoms with Crippen LogP contribution in [0.25, 0.3) is 11.4 Å². The van der Waals surface area contributed by atoms with E-state index in [4.69, 9.17) is 17.4 Å². The highest BCUT2D eigenvalue weighted by Crippen LogP contribution is 2.27. The van der Waals surface area contributed by atoms with Crippen LogP contribution in [0.15, 0.2) is 47.6 Å². The van der Waals surface area contributed by atoms with Crippen molar-refractivity contribution < 1.29 is 9.59 Å². The monoisotopic (exact) mass is 430 g/mol. The zero-order valence-electron chi connectivity index (χ0n) is 15.8. The van der Waals surface area contributed by atoms with E-state index >= 15 is 0 Å². The first-order chi connectivity index (χ1) is 13.8. The van der Waals surface area contributed by atoms with Gasteiger partial charge in [-0.15, -0.1) is 10.2 Å². The molecule has 3 amide bonds. The molecule has 0 aliphatic heterocycles. The second kappa shape index (κ2) is 8.97. The molecule has 0 aliphatic carbocycles. The second-order valence-electron chi connectivity index (χ2n) is 6.25. The van der Waals surface area contributed by atoms with E-state index in [9.17, 15) is 9.59 Å². The molecule has 2 aromatic carbocycles. The molecule has 0 radical (unpaired) electrons. The van der Waals surface area contributed by atoms with Gasteiger partial charge in [0.05, 0.1) is 10.8 Å². The Labute approximate surface area is 176 Å². The highest BCUT2D eigenvalue weighted by atomic mass is 35.5. The first-order valence-corrected chi connectivity index (χ1v) is 9.98. The Kier molecular flexibility index (Phi) is 6.40. The standard InChI is InChI=1S/C19H19ClN6O2S/c1-11-7-8-13(9-12(11)2)22-18(28)23-16(27)10-29-19-25-24-17(26(19)21)14-5-3-4-6-15(14)20/h3-9H,10,21H2,1-2H3,(H2,22,23,27,28). The van der Waals surface area contributed by atoms with Crippen LogP contribution in [0.1, 0.15) is 11.1 Å². The van der Waals surface area contributed by atoms with Crippen LogP contribution in [-0.4, -0.2) is 32.6 Å². The van der Waals surface area contributed by atoms with Crippen LogP contribution in [0.3, 0.4) is 0 Å². The first kappa shape index (κ1) is 20.7. The lowest BCUT2D eigenvalue weighted by Gasteiger charge is -2.08. The predicted octanol–water partition coefficient (Wildman–Crippen LogP) is 3.37. The van der Waals surface area contributed by atoms with Crippen LogP contribution < -0.4 is 16.5 Å². The van der Waals surface area contributed by atoms with Crippen LogP contribution in [0, 0.1) is 13.8 Å². The molecular formula is C19H19ClN6O2S. The van der Waals surface area contributed by atoms with Crippen molar-refractivity contribution in [3.8, 4) is 11.4 Å². The Balaban J connectivity index is 1.56.